The van der Waals surface area contributed by atoms with E-state index in [0.717, 1.165) is 44.6 Å². The quantitative estimate of drug-likeness (QED) is 0.803. The number of allylic oxidation sites excluding steroid dienone is 1. The van der Waals surface area contributed by atoms with Crippen molar-refractivity contribution < 1.29 is 9.32 Å². The number of likely N-dealkylation sites (tertiary alicyclic amines) is 1. The highest BCUT2D eigenvalue weighted by molar-refractivity contribution is 5.79. The topological polar surface area (TPSA) is 59.2 Å². The van der Waals surface area contributed by atoms with E-state index >= 15 is 0 Å². The molecule has 21 heavy (non-hydrogen) atoms. The molecule has 0 saturated carbocycles. The van der Waals surface area contributed by atoms with Crippen molar-refractivity contribution in [3.05, 3.63) is 23.4 Å². The van der Waals surface area contributed by atoms with Crippen LogP contribution in [0.25, 0.3) is 0 Å². The Labute approximate surface area is 125 Å². The lowest BCUT2D eigenvalue weighted by atomic mass is 9.94. The van der Waals surface area contributed by atoms with Crippen molar-refractivity contribution in [3.63, 3.8) is 0 Å². The Morgan fingerprint density at radius 1 is 1.43 bits per heavy atom. The number of amides is 1. The molecule has 1 aliphatic carbocycles. The highest BCUT2D eigenvalue weighted by Gasteiger charge is 2.28. The maximum absolute atomic E-state index is 12.5. The monoisotopic (exact) mass is 289 g/mol. The zero-order valence-electron chi connectivity index (χ0n) is 12.7. The van der Waals surface area contributed by atoms with Gasteiger partial charge in [0.05, 0.1) is 0 Å². The molecule has 0 N–H and O–H groups in total. The van der Waals surface area contributed by atoms with Crippen LogP contribution in [0.15, 0.2) is 16.2 Å². The number of carbonyl (C=O) groups excluding carboxylic acids is 1. The van der Waals surface area contributed by atoms with Gasteiger partial charge >= 0.3 is 0 Å². The van der Waals surface area contributed by atoms with Crippen molar-refractivity contribution in [2.24, 2.45) is 0 Å². The van der Waals surface area contributed by atoms with Gasteiger partial charge in [-0.3, -0.25) is 4.79 Å². The molecule has 2 aliphatic rings. The van der Waals surface area contributed by atoms with Crippen LogP contribution in [0.1, 0.15) is 62.6 Å². The molecule has 1 amide bonds. The first-order chi connectivity index (χ1) is 10.2. The standard InChI is InChI=1S/C16H23N3O2/c1-12-17-16(18-21-12)14-8-5-9-19(11-14)15(20)10-13-6-3-2-4-7-13/h6,14H,2-5,7-11H2,1H3/t14-/m1/s1. The number of aryl methyl sites for hydroxylation is 1. The van der Waals surface area contributed by atoms with E-state index in [2.05, 4.69) is 16.2 Å². The van der Waals surface area contributed by atoms with Crippen LogP contribution in [-0.4, -0.2) is 34.0 Å². The van der Waals surface area contributed by atoms with Crippen molar-refractivity contribution >= 4 is 5.91 Å². The summed E-state index contributed by atoms with van der Waals surface area (Å²) in [7, 11) is 0. The zero-order valence-corrected chi connectivity index (χ0v) is 12.7. The maximum atomic E-state index is 12.5. The summed E-state index contributed by atoms with van der Waals surface area (Å²) < 4.78 is 5.06. The van der Waals surface area contributed by atoms with Gasteiger partial charge < -0.3 is 9.42 Å². The molecule has 0 spiro atoms. The van der Waals surface area contributed by atoms with Crippen LogP contribution in [0, 0.1) is 6.92 Å². The second-order valence-electron chi connectivity index (χ2n) is 6.14. The molecule has 1 atom stereocenters. The third-order valence-corrected chi connectivity index (χ3v) is 4.45. The predicted molar refractivity (Wildman–Crippen MR) is 78.8 cm³/mol. The van der Waals surface area contributed by atoms with Gasteiger partial charge in [-0.1, -0.05) is 16.8 Å². The van der Waals surface area contributed by atoms with Gasteiger partial charge in [-0.2, -0.15) is 4.98 Å². The smallest absolute Gasteiger partial charge is 0.226 e. The molecular formula is C16H23N3O2. The molecule has 0 unspecified atom stereocenters. The van der Waals surface area contributed by atoms with Crippen molar-refractivity contribution in [2.75, 3.05) is 13.1 Å². The number of nitrogens with zero attached hydrogens (tertiary/aromatic N) is 3. The van der Waals surface area contributed by atoms with E-state index in [9.17, 15) is 4.79 Å². The lowest BCUT2D eigenvalue weighted by molar-refractivity contribution is -0.131. The Balaban J connectivity index is 1.60. The summed E-state index contributed by atoms with van der Waals surface area (Å²) in [6.45, 7) is 3.39. The van der Waals surface area contributed by atoms with Gasteiger partial charge in [0.2, 0.25) is 11.8 Å². The lowest BCUT2D eigenvalue weighted by Gasteiger charge is -2.31. The number of hydrogen-bond donors (Lipinski definition) is 0. The lowest BCUT2D eigenvalue weighted by Crippen LogP contribution is -2.39. The summed E-state index contributed by atoms with van der Waals surface area (Å²) in [5, 5.41) is 4.01. The molecule has 1 aromatic rings. The van der Waals surface area contributed by atoms with Crippen molar-refractivity contribution in [1.29, 1.82) is 0 Å². The summed E-state index contributed by atoms with van der Waals surface area (Å²) >= 11 is 0. The second-order valence-corrected chi connectivity index (χ2v) is 6.14. The van der Waals surface area contributed by atoms with Gasteiger partial charge in [-0.25, -0.2) is 0 Å². The molecule has 1 aromatic heterocycles. The molecule has 5 heteroatoms. The first-order valence-electron chi connectivity index (χ1n) is 7.98. The molecule has 0 bridgehead atoms. The molecule has 1 aliphatic heterocycles. The summed E-state index contributed by atoms with van der Waals surface area (Å²) in [5.41, 5.74) is 1.32. The van der Waals surface area contributed by atoms with Crippen LogP contribution in [0.4, 0.5) is 0 Å². The van der Waals surface area contributed by atoms with Crippen LogP contribution in [0.3, 0.4) is 0 Å². The van der Waals surface area contributed by atoms with Crippen molar-refractivity contribution in [1.82, 2.24) is 15.0 Å². The average Bonchev–Trinajstić information content (AvgIpc) is 2.95. The van der Waals surface area contributed by atoms with E-state index in [4.69, 9.17) is 4.52 Å². The summed E-state index contributed by atoms with van der Waals surface area (Å²) in [5.74, 6) is 1.83. The molecule has 3 rings (SSSR count). The molecule has 5 nitrogen and oxygen atoms in total. The van der Waals surface area contributed by atoms with Crippen LogP contribution in [0.2, 0.25) is 0 Å². The van der Waals surface area contributed by atoms with Crippen LogP contribution in [-0.2, 0) is 4.79 Å². The fourth-order valence-corrected chi connectivity index (χ4v) is 3.27. The number of aromatic nitrogens is 2. The fraction of sp³-hybridized carbons (Fsp3) is 0.688. The second kappa shape index (κ2) is 6.41. The van der Waals surface area contributed by atoms with Gasteiger partial charge in [0.15, 0.2) is 5.82 Å². The normalized spacial score (nSPS) is 23.0. The van der Waals surface area contributed by atoms with E-state index in [1.54, 1.807) is 6.92 Å². The predicted octanol–water partition coefficient (Wildman–Crippen LogP) is 2.97. The third-order valence-electron chi connectivity index (χ3n) is 4.45. The Bertz CT molecular complexity index is 535. The molecule has 1 fully saturated rings. The SMILES string of the molecule is Cc1nc([C@@H]2CCCN(C(=O)CC3=CCCCC3)C2)no1. The van der Waals surface area contributed by atoms with Gasteiger partial charge in [0.1, 0.15) is 0 Å². The molecule has 1 saturated heterocycles. The number of carbonyl (C=O) groups is 1. The van der Waals surface area contributed by atoms with E-state index in [1.807, 2.05) is 4.90 Å². The van der Waals surface area contributed by atoms with Gasteiger partial charge in [0.25, 0.3) is 0 Å². The van der Waals surface area contributed by atoms with Gasteiger partial charge in [-0.15, -0.1) is 0 Å². The third kappa shape index (κ3) is 3.52. The first kappa shape index (κ1) is 14.3. The minimum Gasteiger partial charge on any atom is -0.342 e. The maximum Gasteiger partial charge on any atom is 0.226 e. The van der Waals surface area contributed by atoms with E-state index < -0.39 is 0 Å². The Kier molecular flexibility index (Phi) is 4.36. The Morgan fingerprint density at radius 3 is 3.05 bits per heavy atom. The number of piperidine rings is 1. The van der Waals surface area contributed by atoms with Crippen LogP contribution >= 0.6 is 0 Å². The van der Waals surface area contributed by atoms with Gasteiger partial charge in [0, 0.05) is 32.4 Å². The minimum absolute atomic E-state index is 0.223. The van der Waals surface area contributed by atoms with Crippen molar-refractivity contribution in [3.8, 4) is 0 Å². The molecule has 0 aromatic carbocycles. The van der Waals surface area contributed by atoms with E-state index in [-0.39, 0.29) is 11.8 Å². The highest BCUT2D eigenvalue weighted by Crippen LogP contribution is 2.27. The fourth-order valence-electron chi connectivity index (χ4n) is 3.27. The van der Waals surface area contributed by atoms with Crippen molar-refractivity contribution in [2.45, 2.75) is 57.8 Å². The van der Waals surface area contributed by atoms with E-state index in [1.165, 1.54) is 18.4 Å². The van der Waals surface area contributed by atoms with E-state index in [0.29, 0.717) is 12.3 Å². The highest BCUT2D eigenvalue weighted by atomic mass is 16.5. The largest absolute Gasteiger partial charge is 0.342 e. The van der Waals surface area contributed by atoms with Crippen LogP contribution in [0.5, 0.6) is 0 Å². The Morgan fingerprint density at radius 2 is 2.33 bits per heavy atom. The summed E-state index contributed by atoms with van der Waals surface area (Å²) in [4.78, 5) is 18.8. The Hall–Kier alpha value is -1.65. The molecule has 114 valence electrons. The molecule has 2 heterocycles. The molecule has 0 radical (unpaired) electrons. The number of rotatable bonds is 3. The minimum atomic E-state index is 0.223. The number of hydrogen-bond acceptors (Lipinski definition) is 4. The summed E-state index contributed by atoms with van der Waals surface area (Å²) in [6.07, 6.45) is 9.61. The summed E-state index contributed by atoms with van der Waals surface area (Å²) in [6, 6.07) is 0. The molecular weight excluding hydrogens is 266 g/mol. The average molecular weight is 289 g/mol. The first-order valence-corrected chi connectivity index (χ1v) is 7.98. The zero-order chi connectivity index (χ0) is 14.7. The van der Waals surface area contributed by atoms with Gasteiger partial charge in [-0.05, 0) is 38.5 Å². The van der Waals surface area contributed by atoms with Crippen LogP contribution < -0.4 is 0 Å².